The van der Waals surface area contributed by atoms with E-state index in [2.05, 4.69) is 23.7 Å². The maximum atomic E-state index is 12.8. The first-order chi connectivity index (χ1) is 12.5. The molecule has 0 unspecified atom stereocenters. The number of para-hydroxylation sites is 2. The molecule has 26 heavy (non-hydrogen) atoms. The number of carbonyl (C=O) groups excluding carboxylic acids is 1. The number of carboxylic acid groups (broad SMARTS) is 1. The van der Waals surface area contributed by atoms with E-state index in [-0.39, 0.29) is 11.5 Å². The van der Waals surface area contributed by atoms with Crippen LogP contribution in [0.2, 0.25) is 0 Å². The molecule has 0 spiro atoms. The van der Waals surface area contributed by atoms with Crippen LogP contribution >= 0.6 is 0 Å². The number of aromatic carboxylic acids is 1. The summed E-state index contributed by atoms with van der Waals surface area (Å²) in [6.45, 7) is 5.17. The minimum Gasteiger partial charge on any atom is -0.478 e. The zero-order valence-corrected chi connectivity index (χ0v) is 14.9. The Hall–Kier alpha value is -3.08. The van der Waals surface area contributed by atoms with Crippen LogP contribution in [0.1, 0.15) is 41.0 Å². The van der Waals surface area contributed by atoms with E-state index < -0.39 is 5.97 Å². The molecule has 1 heterocycles. The Bertz CT molecular complexity index is 957. The molecule has 1 aromatic heterocycles. The van der Waals surface area contributed by atoms with Crippen LogP contribution in [0.5, 0.6) is 0 Å². The summed E-state index contributed by atoms with van der Waals surface area (Å²) in [5.41, 5.74) is 1.92. The van der Waals surface area contributed by atoms with Crippen molar-refractivity contribution in [2.24, 2.45) is 5.92 Å². The first kappa shape index (κ1) is 17.7. The lowest BCUT2D eigenvalue weighted by Crippen LogP contribution is -2.14. The minimum absolute atomic E-state index is 0.0735. The van der Waals surface area contributed by atoms with Crippen molar-refractivity contribution < 1.29 is 14.7 Å². The summed E-state index contributed by atoms with van der Waals surface area (Å²) >= 11 is 0. The van der Waals surface area contributed by atoms with Gasteiger partial charge in [0.2, 0.25) is 0 Å². The summed E-state index contributed by atoms with van der Waals surface area (Å²) in [5, 5.41) is 12.9. The van der Waals surface area contributed by atoms with Crippen molar-refractivity contribution in [2.45, 2.75) is 26.8 Å². The lowest BCUT2D eigenvalue weighted by atomic mass is 10.1. The van der Waals surface area contributed by atoms with Gasteiger partial charge in [-0.15, -0.1) is 0 Å². The number of aromatic nitrogens is 1. The van der Waals surface area contributed by atoms with Crippen molar-refractivity contribution in [3.8, 4) is 0 Å². The molecule has 0 aliphatic carbocycles. The predicted molar refractivity (Wildman–Crippen MR) is 103 cm³/mol. The average Bonchev–Trinajstić information content (AvgIpc) is 2.99. The SMILES string of the molecule is CC(C)CCn1cc(C(=O)Nc2ccccc2C(=O)O)c2ccccc21. The fourth-order valence-corrected chi connectivity index (χ4v) is 2.98. The number of aryl methyl sites for hydroxylation is 1. The van der Waals surface area contributed by atoms with Gasteiger partial charge < -0.3 is 15.0 Å². The molecule has 2 N–H and O–H groups in total. The van der Waals surface area contributed by atoms with Crippen LogP contribution in [0, 0.1) is 5.92 Å². The molecule has 0 atom stereocenters. The number of rotatable bonds is 6. The van der Waals surface area contributed by atoms with Gasteiger partial charge in [0.15, 0.2) is 0 Å². The van der Waals surface area contributed by atoms with Crippen molar-refractivity contribution >= 4 is 28.5 Å². The highest BCUT2D eigenvalue weighted by Crippen LogP contribution is 2.24. The Labute approximate surface area is 152 Å². The molecular formula is C21H22N2O3. The number of amides is 1. The number of carboxylic acids is 1. The van der Waals surface area contributed by atoms with Gasteiger partial charge >= 0.3 is 5.97 Å². The van der Waals surface area contributed by atoms with Gasteiger partial charge in [0, 0.05) is 23.6 Å². The van der Waals surface area contributed by atoms with Crippen LogP contribution in [0.15, 0.2) is 54.7 Å². The molecule has 0 fully saturated rings. The lowest BCUT2D eigenvalue weighted by molar-refractivity contribution is 0.0698. The van der Waals surface area contributed by atoms with E-state index in [4.69, 9.17) is 0 Å². The molecule has 0 aliphatic heterocycles. The van der Waals surface area contributed by atoms with Crippen LogP contribution in [0.3, 0.4) is 0 Å². The molecule has 0 saturated heterocycles. The summed E-state index contributed by atoms with van der Waals surface area (Å²) in [6.07, 6.45) is 2.87. The molecule has 134 valence electrons. The highest BCUT2D eigenvalue weighted by molar-refractivity contribution is 6.14. The summed E-state index contributed by atoms with van der Waals surface area (Å²) < 4.78 is 2.09. The third kappa shape index (κ3) is 3.61. The largest absolute Gasteiger partial charge is 0.478 e. The Balaban J connectivity index is 1.95. The quantitative estimate of drug-likeness (QED) is 0.680. The maximum Gasteiger partial charge on any atom is 0.337 e. The standard InChI is InChI=1S/C21H22N2O3/c1-14(2)11-12-23-13-17(15-7-4-6-10-19(15)23)20(24)22-18-9-5-3-8-16(18)21(25)26/h3-10,13-14H,11-12H2,1-2H3,(H,22,24)(H,25,26). The van der Waals surface area contributed by atoms with E-state index in [9.17, 15) is 14.7 Å². The van der Waals surface area contributed by atoms with Gasteiger partial charge in [-0.1, -0.05) is 44.2 Å². The Morgan fingerprint density at radius 3 is 2.46 bits per heavy atom. The van der Waals surface area contributed by atoms with Crippen molar-refractivity contribution in [3.05, 3.63) is 65.9 Å². The molecule has 5 nitrogen and oxygen atoms in total. The summed E-state index contributed by atoms with van der Waals surface area (Å²) in [4.78, 5) is 24.2. The number of carbonyl (C=O) groups is 2. The molecule has 1 amide bonds. The number of nitrogens with one attached hydrogen (secondary N) is 1. The zero-order valence-electron chi connectivity index (χ0n) is 14.9. The van der Waals surface area contributed by atoms with Crippen molar-refractivity contribution in [3.63, 3.8) is 0 Å². The zero-order chi connectivity index (χ0) is 18.7. The van der Waals surface area contributed by atoms with Crippen LogP contribution in [-0.4, -0.2) is 21.6 Å². The van der Waals surface area contributed by atoms with Crippen LogP contribution < -0.4 is 5.32 Å². The Morgan fingerprint density at radius 1 is 1.04 bits per heavy atom. The fraction of sp³-hybridized carbons (Fsp3) is 0.238. The second-order valence-corrected chi connectivity index (χ2v) is 6.74. The number of nitrogens with zero attached hydrogens (tertiary/aromatic N) is 1. The smallest absolute Gasteiger partial charge is 0.337 e. The van der Waals surface area contributed by atoms with Gasteiger partial charge in [-0.2, -0.15) is 0 Å². The van der Waals surface area contributed by atoms with Crippen LogP contribution in [0.25, 0.3) is 10.9 Å². The van der Waals surface area contributed by atoms with E-state index in [1.165, 1.54) is 6.07 Å². The van der Waals surface area contributed by atoms with Gasteiger partial charge in [0.25, 0.3) is 5.91 Å². The van der Waals surface area contributed by atoms with E-state index in [0.29, 0.717) is 17.2 Å². The average molecular weight is 350 g/mol. The highest BCUT2D eigenvalue weighted by Gasteiger charge is 2.17. The van der Waals surface area contributed by atoms with Gasteiger partial charge in [0.1, 0.15) is 0 Å². The Kier molecular flexibility index (Phi) is 5.07. The van der Waals surface area contributed by atoms with Gasteiger partial charge in [-0.3, -0.25) is 4.79 Å². The molecule has 3 aromatic rings. The molecule has 0 aliphatic rings. The summed E-state index contributed by atoms with van der Waals surface area (Å²) in [7, 11) is 0. The Morgan fingerprint density at radius 2 is 1.73 bits per heavy atom. The summed E-state index contributed by atoms with van der Waals surface area (Å²) in [5.74, 6) is -0.811. The van der Waals surface area contributed by atoms with Crippen molar-refractivity contribution in [1.29, 1.82) is 0 Å². The summed E-state index contributed by atoms with van der Waals surface area (Å²) in [6, 6.07) is 14.2. The van der Waals surface area contributed by atoms with E-state index in [0.717, 1.165) is 23.9 Å². The van der Waals surface area contributed by atoms with Gasteiger partial charge in [-0.05, 0) is 30.5 Å². The number of anilines is 1. The highest BCUT2D eigenvalue weighted by atomic mass is 16.4. The second-order valence-electron chi connectivity index (χ2n) is 6.74. The van der Waals surface area contributed by atoms with Gasteiger partial charge in [0.05, 0.1) is 16.8 Å². The van der Waals surface area contributed by atoms with Crippen molar-refractivity contribution in [2.75, 3.05) is 5.32 Å². The van der Waals surface area contributed by atoms with Gasteiger partial charge in [-0.25, -0.2) is 4.79 Å². The molecule has 2 aromatic carbocycles. The lowest BCUT2D eigenvalue weighted by Gasteiger charge is -2.08. The number of hydrogen-bond acceptors (Lipinski definition) is 2. The second kappa shape index (κ2) is 7.44. The monoisotopic (exact) mass is 350 g/mol. The predicted octanol–water partition coefficient (Wildman–Crippen LogP) is 4.64. The van der Waals surface area contributed by atoms with E-state index in [1.807, 2.05) is 30.5 Å². The molecule has 0 saturated carbocycles. The topological polar surface area (TPSA) is 71.3 Å². The molecule has 3 rings (SSSR count). The number of hydrogen-bond donors (Lipinski definition) is 2. The molecular weight excluding hydrogens is 328 g/mol. The number of benzene rings is 2. The maximum absolute atomic E-state index is 12.8. The first-order valence-corrected chi connectivity index (χ1v) is 8.69. The molecule has 0 radical (unpaired) electrons. The number of fused-ring (bicyclic) bond motifs is 1. The fourth-order valence-electron chi connectivity index (χ4n) is 2.98. The normalized spacial score (nSPS) is 11.0. The third-order valence-corrected chi connectivity index (χ3v) is 4.39. The van der Waals surface area contributed by atoms with Crippen LogP contribution in [0.4, 0.5) is 5.69 Å². The van der Waals surface area contributed by atoms with E-state index in [1.54, 1.807) is 18.2 Å². The van der Waals surface area contributed by atoms with E-state index >= 15 is 0 Å². The minimum atomic E-state index is -1.07. The third-order valence-electron chi connectivity index (χ3n) is 4.39. The van der Waals surface area contributed by atoms with Crippen LogP contribution in [-0.2, 0) is 6.54 Å². The molecule has 0 bridgehead atoms. The molecule has 5 heteroatoms. The van der Waals surface area contributed by atoms with Crippen molar-refractivity contribution in [1.82, 2.24) is 4.57 Å². The first-order valence-electron chi connectivity index (χ1n) is 8.69.